The van der Waals surface area contributed by atoms with Crippen molar-refractivity contribution >= 4 is 11.7 Å². The summed E-state index contributed by atoms with van der Waals surface area (Å²) in [4.78, 5) is 1.84. The normalized spacial score (nSPS) is 10.5. The molecular weight excluding hydrogens is 244 g/mol. The molecule has 0 radical (unpaired) electrons. The molecule has 0 saturated heterocycles. The monoisotopic (exact) mass is 262 g/mol. The zero-order valence-electron chi connectivity index (χ0n) is 11.4. The van der Waals surface area contributed by atoms with E-state index in [-0.39, 0.29) is 0 Å². The summed E-state index contributed by atoms with van der Waals surface area (Å²) in [6.45, 7) is 3.48. The van der Waals surface area contributed by atoms with Gasteiger partial charge >= 0.3 is 6.01 Å². The van der Waals surface area contributed by atoms with E-state index in [9.17, 15) is 0 Å². The first-order valence-electron chi connectivity index (χ1n) is 6.15. The second-order valence-corrected chi connectivity index (χ2v) is 4.02. The summed E-state index contributed by atoms with van der Waals surface area (Å²) in [5.74, 6) is 1.40. The Morgan fingerprint density at radius 1 is 1.26 bits per heavy atom. The maximum absolute atomic E-state index is 5.57. The quantitative estimate of drug-likeness (QED) is 0.858. The summed E-state index contributed by atoms with van der Waals surface area (Å²) < 4.78 is 10.7. The summed E-state index contributed by atoms with van der Waals surface area (Å²) in [5.41, 5.74) is 0.958. The maximum Gasteiger partial charge on any atom is 0.322 e. The molecule has 2 rings (SSSR count). The van der Waals surface area contributed by atoms with Crippen molar-refractivity contribution in [1.29, 1.82) is 0 Å². The van der Waals surface area contributed by atoms with Crippen LogP contribution < -0.4 is 15.0 Å². The van der Waals surface area contributed by atoms with E-state index >= 15 is 0 Å². The molecule has 1 N–H and O–H groups in total. The number of aromatic nitrogens is 2. The fraction of sp³-hybridized carbons (Fsp3) is 0.385. The molecule has 0 spiro atoms. The Morgan fingerprint density at radius 3 is 2.63 bits per heavy atom. The predicted octanol–water partition coefficient (Wildman–Crippen LogP) is 1.96. The number of ether oxygens (including phenoxy) is 1. The van der Waals surface area contributed by atoms with E-state index in [4.69, 9.17) is 9.15 Å². The van der Waals surface area contributed by atoms with Crippen molar-refractivity contribution in [1.82, 2.24) is 15.5 Å². The Labute approximate surface area is 112 Å². The molecular formula is C13H18N4O2. The molecule has 0 bridgehead atoms. The standard InChI is InChI=1S/C13H18N4O2/c1-4-14-9-12-15-16-13(19-12)17(2)10-5-7-11(18-3)8-6-10/h5-8,14H,4,9H2,1-3H3. The summed E-state index contributed by atoms with van der Waals surface area (Å²) in [7, 11) is 3.52. The number of anilines is 2. The van der Waals surface area contributed by atoms with Crippen LogP contribution >= 0.6 is 0 Å². The van der Waals surface area contributed by atoms with Gasteiger partial charge in [0.05, 0.1) is 13.7 Å². The predicted molar refractivity (Wildman–Crippen MR) is 72.7 cm³/mol. The number of nitrogens with one attached hydrogen (secondary N) is 1. The van der Waals surface area contributed by atoms with Crippen LogP contribution in [0.25, 0.3) is 0 Å². The van der Waals surface area contributed by atoms with Gasteiger partial charge in [-0.2, -0.15) is 0 Å². The second-order valence-electron chi connectivity index (χ2n) is 4.02. The highest BCUT2D eigenvalue weighted by molar-refractivity contribution is 5.56. The van der Waals surface area contributed by atoms with Gasteiger partial charge in [0.1, 0.15) is 5.75 Å². The first-order valence-corrected chi connectivity index (χ1v) is 6.15. The van der Waals surface area contributed by atoms with Gasteiger partial charge in [0.15, 0.2) is 0 Å². The van der Waals surface area contributed by atoms with E-state index in [1.165, 1.54) is 0 Å². The molecule has 2 aromatic rings. The molecule has 0 saturated carbocycles. The Morgan fingerprint density at radius 2 is 2.00 bits per heavy atom. The van der Waals surface area contributed by atoms with Gasteiger partial charge in [0.25, 0.3) is 0 Å². The fourth-order valence-electron chi connectivity index (χ4n) is 1.60. The number of benzene rings is 1. The van der Waals surface area contributed by atoms with Crippen LogP contribution in [0.15, 0.2) is 28.7 Å². The van der Waals surface area contributed by atoms with Crippen molar-refractivity contribution in [3.05, 3.63) is 30.2 Å². The Balaban J connectivity index is 2.09. The molecule has 1 heterocycles. The molecule has 6 nitrogen and oxygen atoms in total. The number of rotatable bonds is 6. The van der Waals surface area contributed by atoms with Crippen LogP contribution in [0.5, 0.6) is 5.75 Å². The Hall–Kier alpha value is -2.08. The topological polar surface area (TPSA) is 63.4 Å². The van der Waals surface area contributed by atoms with Gasteiger partial charge in [-0.25, -0.2) is 0 Å². The van der Waals surface area contributed by atoms with Gasteiger partial charge in [0, 0.05) is 12.7 Å². The van der Waals surface area contributed by atoms with Crippen molar-refractivity contribution in [2.75, 3.05) is 25.6 Å². The number of hydrogen-bond acceptors (Lipinski definition) is 6. The summed E-state index contributed by atoms with van der Waals surface area (Å²) in [5, 5.41) is 11.2. The van der Waals surface area contributed by atoms with Crippen molar-refractivity contribution < 1.29 is 9.15 Å². The Kier molecular flexibility index (Phi) is 4.35. The maximum atomic E-state index is 5.57. The van der Waals surface area contributed by atoms with Gasteiger partial charge in [-0.1, -0.05) is 12.0 Å². The minimum Gasteiger partial charge on any atom is -0.497 e. The van der Waals surface area contributed by atoms with Crippen molar-refractivity contribution in [2.24, 2.45) is 0 Å². The lowest BCUT2D eigenvalue weighted by atomic mass is 10.3. The van der Waals surface area contributed by atoms with E-state index < -0.39 is 0 Å². The van der Waals surface area contributed by atoms with Crippen LogP contribution in [0, 0.1) is 0 Å². The first-order chi connectivity index (χ1) is 9.24. The van der Waals surface area contributed by atoms with E-state index in [2.05, 4.69) is 15.5 Å². The molecule has 0 aliphatic heterocycles. The van der Waals surface area contributed by atoms with Crippen LogP contribution in [0.4, 0.5) is 11.7 Å². The minimum atomic E-state index is 0.470. The molecule has 19 heavy (non-hydrogen) atoms. The highest BCUT2D eigenvalue weighted by Gasteiger charge is 2.12. The van der Waals surface area contributed by atoms with E-state index in [0.29, 0.717) is 18.5 Å². The second kappa shape index (κ2) is 6.19. The van der Waals surface area contributed by atoms with Crippen molar-refractivity contribution in [3.8, 4) is 5.75 Å². The zero-order valence-corrected chi connectivity index (χ0v) is 11.4. The number of methoxy groups -OCH3 is 1. The summed E-state index contributed by atoms with van der Waals surface area (Å²) in [6, 6.07) is 8.13. The number of hydrogen-bond donors (Lipinski definition) is 1. The minimum absolute atomic E-state index is 0.470. The van der Waals surface area contributed by atoms with Crippen LogP contribution in [0.3, 0.4) is 0 Å². The molecule has 0 aliphatic rings. The third kappa shape index (κ3) is 3.23. The first kappa shape index (κ1) is 13.4. The lowest BCUT2D eigenvalue weighted by molar-refractivity contribution is 0.415. The molecule has 0 aliphatic carbocycles. The average Bonchev–Trinajstić information content (AvgIpc) is 2.93. The van der Waals surface area contributed by atoms with Gasteiger partial charge in [0.2, 0.25) is 5.89 Å². The van der Waals surface area contributed by atoms with Crippen LogP contribution in [0.1, 0.15) is 12.8 Å². The van der Waals surface area contributed by atoms with Crippen molar-refractivity contribution in [2.45, 2.75) is 13.5 Å². The number of nitrogens with zero attached hydrogens (tertiary/aromatic N) is 3. The molecule has 1 aromatic carbocycles. The lowest BCUT2D eigenvalue weighted by Crippen LogP contribution is -2.12. The molecule has 0 amide bonds. The lowest BCUT2D eigenvalue weighted by Gasteiger charge is -2.14. The smallest absolute Gasteiger partial charge is 0.322 e. The van der Waals surface area contributed by atoms with E-state index in [0.717, 1.165) is 18.0 Å². The SMILES string of the molecule is CCNCc1nnc(N(C)c2ccc(OC)cc2)o1. The largest absolute Gasteiger partial charge is 0.497 e. The summed E-state index contributed by atoms with van der Waals surface area (Å²) >= 11 is 0. The molecule has 102 valence electrons. The van der Waals surface area contributed by atoms with Gasteiger partial charge in [-0.05, 0) is 30.8 Å². The highest BCUT2D eigenvalue weighted by Crippen LogP contribution is 2.24. The van der Waals surface area contributed by atoms with Gasteiger partial charge < -0.3 is 14.5 Å². The fourth-order valence-corrected chi connectivity index (χ4v) is 1.60. The molecule has 0 atom stereocenters. The van der Waals surface area contributed by atoms with Gasteiger partial charge in [-0.3, -0.25) is 4.90 Å². The molecule has 6 heteroatoms. The molecule has 0 fully saturated rings. The third-order valence-electron chi connectivity index (χ3n) is 2.73. The molecule has 0 unspecified atom stereocenters. The van der Waals surface area contributed by atoms with E-state index in [1.54, 1.807) is 7.11 Å². The zero-order chi connectivity index (χ0) is 13.7. The third-order valence-corrected chi connectivity index (χ3v) is 2.73. The van der Waals surface area contributed by atoms with Crippen LogP contribution in [0.2, 0.25) is 0 Å². The van der Waals surface area contributed by atoms with Crippen LogP contribution in [-0.4, -0.2) is 30.9 Å². The van der Waals surface area contributed by atoms with Crippen molar-refractivity contribution in [3.63, 3.8) is 0 Å². The summed E-state index contributed by atoms with van der Waals surface area (Å²) in [6.07, 6.45) is 0. The molecule has 1 aromatic heterocycles. The van der Waals surface area contributed by atoms with Crippen LogP contribution in [-0.2, 0) is 6.54 Å². The van der Waals surface area contributed by atoms with E-state index in [1.807, 2.05) is 43.1 Å². The highest BCUT2D eigenvalue weighted by atomic mass is 16.5. The average molecular weight is 262 g/mol. The Bertz CT molecular complexity index is 510. The van der Waals surface area contributed by atoms with Gasteiger partial charge in [-0.15, -0.1) is 5.10 Å².